The van der Waals surface area contributed by atoms with Gasteiger partial charge in [-0.2, -0.15) is 0 Å². The third kappa shape index (κ3) is 0.867. The zero-order chi connectivity index (χ0) is 6.10. The lowest BCUT2D eigenvalue weighted by molar-refractivity contribution is 0.456. The fourth-order valence-electron chi connectivity index (χ4n) is 0.810. The van der Waals surface area contributed by atoms with E-state index in [-0.39, 0.29) is 6.15 Å². The van der Waals surface area contributed by atoms with Crippen molar-refractivity contribution in [3.05, 3.63) is 30.5 Å². The van der Waals surface area contributed by atoms with Gasteiger partial charge in [-0.1, -0.05) is 17.3 Å². The number of benzene rings is 1. The van der Waals surface area contributed by atoms with Gasteiger partial charge in [0, 0.05) is 11.5 Å². The molecular weight excluding hydrogens is 128 g/mol. The maximum atomic E-state index is 4.87. The van der Waals surface area contributed by atoms with Gasteiger partial charge in [-0.3, -0.25) is 0 Å². The minimum absolute atomic E-state index is 0. The van der Waals surface area contributed by atoms with Crippen molar-refractivity contribution >= 4 is 11.0 Å². The van der Waals surface area contributed by atoms with Gasteiger partial charge >= 0.3 is 0 Å². The Balaban J connectivity index is 0.000000500. The third-order valence-electron chi connectivity index (χ3n) is 1.26. The van der Waals surface area contributed by atoms with Gasteiger partial charge in [0.25, 0.3) is 0 Å². The monoisotopic (exact) mass is 133 g/mol. The van der Waals surface area contributed by atoms with E-state index in [0.29, 0.717) is 0 Å². The molecule has 1 aromatic carbocycles. The molecule has 0 saturated heterocycles. The molecule has 3 radical (unpaired) electrons. The Morgan fingerprint density at radius 1 is 1.20 bits per heavy atom. The van der Waals surface area contributed by atoms with Gasteiger partial charge < -0.3 is 4.52 Å². The van der Waals surface area contributed by atoms with E-state index in [0.717, 1.165) is 11.0 Å². The first-order chi connectivity index (χ1) is 4.47. The van der Waals surface area contributed by atoms with Crippen molar-refractivity contribution in [1.82, 2.24) is 11.3 Å². The molecule has 0 saturated carbocycles. The molecule has 0 aliphatic rings. The maximum absolute atomic E-state index is 4.87. The molecule has 2 aromatic rings. The SMILES string of the molecule is [N].c1ccc2oncc2c1. The van der Waals surface area contributed by atoms with Gasteiger partial charge in [0.1, 0.15) is 0 Å². The summed E-state index contributed by atoms with van der Waals surface area (Å²) in [6, 6.07) is 7.74. The van der Waals surface area contributed by atoms with E-state index >= 15 is 0 Å². The number of rotatable bonds is 0. The first-order valence-electron chi connectivity index (χ1n) is 2.76. The largest absolute Gasteiger partial charge is 0.356 e. The Hall–Kier alpha value is -1.35. The van der Waals surface area contributed by atoms with Crippen LogP contribution in [-0.4, -0.2) is 5.16 Å². The standard InChI is InChI=1S/C7H5NO.N/c1-2-4-7-6(3-1)5-8-9-7;/h1-5H;. The molecule has 0 amide bonds. The van der Waals surface area contributed by atoms with Crippen LogP contribution in [-0.2, 0) is 0 Å². The molecular formula is C7H5N2O. The molecule has 0 fully saturated rings. The summed E-state index contributed by atoms with van der Waals surface area (Å²) < 4.78 is 4.87. The summed E-state index contributed by atoms with van der Waals surface area (Å²) in [6.45, 7) is 0. The quantitative estimate of drug-likeness (QED) is 0.544. The van der Waals surface area contributed by atoms with Crippen LogP contribution < -0.4 is 6.15 Å². The van der Waals surface area contributed by atoms with Gasteiger partial charge in [-0.25, -0.2) is 0 Å². The molecule has 10 heavy (non-hydrogen) atoms. The van der Waals surface area contributed by atoms with Crippen molar-refractivity contribution in [2.75, 3.05) is 0 Å². The molecule has 3 nitrogen and oxygen atoms in total. The molecule has 0 bridgehead atoms. The van der Waals surface area contributed by atoms with Crippen LogP contribution in [0, 0.1) is 0 Å². The van der Waals surface area contributed by atoms with Gasteiger partial charge in [-0.05, 0) is 12.1 Å². The van der Waals surface area contributed by atoms with Crippen LogP contribution in [0.5, 0.6) is 0 Å². The zero-order valence-corrected chi connectivity index (χ0v) is 5.19. The van der Waals surface area contributed by atoms with Crippen LogP contribution >= 0.6 is 0 Å². The number of aromatic nitrogens is 1. The fraction of sp³-hybridized carbons (Fsp3) is 0. The summed E-state index contributed by atoms with van der Waals surface area (Å²) in [5.74, 6) is 0. The highest BCUT2D eigenvalue weighted by Crippen LogP contribution is 2.10. The predicted octanol–water partition coefficient (Wildman–Crippen LogP) is 1.35. The average molecular weight is 133 g/mol. The maximum Gasteiger partial charge on any atom is 0.166 e. The number of fused-ring (bicyclic) bond motifs is 1. The first kappa shape index (κ1) is 6.77. The molecule has 0 N–H and O–H groups in total. The Morgan fingerprint density at radius 3 is 2.80 bits per heavy atom. The van der Waals surface area contributed by atoms with E-state index in [4.69, 9.17) is 4.52 Å². The summed E-state index contributed by atoms with van der Waals surface area (Å²) in [5.41, 5.74) is 0.845. The van der Waals surface area contributed by atoms with Crippen LogP contribution in [0.1, 0.15) is 0 Å². The number of hydrogen-bond acceptors (Lipinski definition) is 2. The van der Waals surface area contributed by atoms with Crippen molar-refractivity contribution in [3.63, 3.8) is 0 Å². The van der Waals surface area contributed by atoms with Crippen LogP contribution in [0.15, 0.2) is 35.0 Å². The molecule has 49 valence electrons. The van der Waals surface area contributed by atoms with Gasteiger partial charge in [-0.15, -0.1) is 0 Å². The smallest absolute Gasteiger partial charge is 0.166 e. The normalized spacial score (nSPS) is 9.20. The zero-order valence-electron chi connectivity index (χ0n) is 5.19. The Labute approximate surface area is 58.2 Å². The number of nitrogens with zero attached hydrogens (tertiary/aromatic N) is 2. The summed E-state index contributed by atoms with van der Waals surface area (Å²) in [7, 11) is 0. The molecule has 1 heterocycles. The second kappa shape index (κ2) is 2.49. The molecule has 0 unspecified atom stereocenters. The molecule has 0 aliphatic heterocycles. The van der Waals surface area contributed by atoms with Crippen LogP contribution in [0.2, 0.25) is 0 Å². The first-order valence-corrected chi connectivity index (χ1v) is 2.76. The molecule has 3 heteroatoms. The van der Waals surface area contributed by atoms with Crippen molar-refractivity contribution in [2.24, 2.45) is 0 Å². The van der Waals surface area contributed by atoms with E-state index in [1.807, 2.05) is 24.3 Å². The topological polar surface area (TPSA) is 56.5 Å². The minimum atomic E-state index is 0. The van der Waals surface area contributed by atoms with E-state index < -0.39 is 0 Å². The van der Waals surface area contributed by atoms with Crippen molar-refractivity contribution in [2.45, 2.75) is 0 Å². The van der Waals surface area contributed by atoms with Crippen molar-refractivity contribution in [1.29, 1.82) is 0 Å². The van der Waals surface area contributed by atoms with E-state index in [2.05, 4.69) is 5.16 Å². The van der Waals surface area contributed by atoms with Crippen molar-refractivity contribution in [3.8, 4) is 0 Å². The van der Waals surface area contributed by atoms with Gasteiger partial charge in [0.2, 0.25) is 0 Å². The lowest BCUT2D eigenvalue weighted by atomic mass is 10.3. The third-order valence-corrected chi connectivity index (χ3v) is 1.26. The summed E-state index contributed by atoms with van der Waals surface area (Å²) in [4.78, 5) is 0. The molecule has 0 spiro atoms. The van der Waals surface area contributed by atoms with Crippen molar-refractivity contribution < 1.29 is 4.52 Å². The highest BCUT2D eigenvalue weighted by Gasteiger charge is 1.91. The van der Waals surface area contributed by atoms with Crippen LogP contribution in [0.4, 0.5) is 0 Å². The Kier molecular flexibility index (Phi) is 1.69. The van der Waals surface area contributed by atoms with E-state index in [9.17, 15) is 0 Å². The number of para-hydroxylation sites is 1. The minimum Gasteiger partial charge on any atom is -0.356 e. The molecule has 1 aromatic heterocycles. The Bertz CT molecular complexity index is 286. The summed E-state index contributed by atoms with van der Waals surface area (Å²) in [5, 5.41) is 4.68. The Morgan fingerprint density at radius 2 is 2.00 bits per heavy atom. The molecule has 2 rings (SSSR count). The highest BCUT2D eigenvalue weighted by atomic mass is 16.5. The molecule has 0 atom stereocenters. The second-order valence-corrected chi connectivity index (χ2v) is 1.86. The lowest BCUT2D eigenvalue weighted by Crippen LogP contribution is -1.57. The van der Waals surface area contributed by atoms with Gasteiger partial charge in [0.05, 0.1) is 6.20 Å². The summed E-state index contributed by atoms with van der Waals surface area (Å²) in [6.07, 6.45) is 1.70. The average Bonchev–Trinajstić information content (AvgIpc) is 2.33. The van der Waals surface area contributed by atoms with Crippen LogP contribution in [0.3, 0.4) is 0 Å². The summed E-state index contributed by atoms with van der Waals surface area (Å²) >= 11 is 0. The number of hydrogen-bond donors (Lipinski definition) is 0. The fourth-order valence-corrected chi connectivity index (χ4v) is 0.810. The molecule has 0 aliphatic carbocycles. The highest BCUT2D eigenvalue weighted by molar-refractivity contribution is 5.75. The lowest BCUT2D eigenvalue weighted by Gasteiger charge is -1.78. The van der Waals surface area contributed by atoms with Crippen LogP contribution in [0.25, 0.3) is 11.0 Å². The predicted molar refractivity (Wildman–Crippen MR) is 36.1 cm³/mol. The van der Waals surface area contributed by atoms with E-state index in [1.54, 1.807) is 6.20 Å². The van der Waals surface area contributed by atoms with E-state index in [1.165, 1.54) is 0 Å². The second-order valence-electron chi connectivity index (χ2n) is 1.86. The van der Waals surface area contributed by atoms with Gasteiger partial charge in [0.15, 0.2) is 5.58 Å².